The van der Waals surface area contributed by atoms with Crippen molar-refractivity contribution in [1.29, 1.82) is 0 Å². The smallest absolute Gasteiger partial charge is 0.287 e. The predicted octanol–water partition coefficient (Wildman–Crippen LogP) is 3.83. The lowest BCUT2D eigenvalue weighted by Gasteiger charge is -2.08. The first-order chi connectivity index (χ1) is 13.1. The fourth-order valence-corrected chi connectivity index (χ4v) is 3.33. The van der Waals surface area contributed by atoms with E-state index in [1.807, 2.05) is 55.5 Å². The first-order valence-corrected chi connectivity index (χ1v) is 9.71. The van der Waals surface area contributed by atoms with Gasteiger partial charge in [-0.05, 0) is 48.7 Å². The zero-order valence-corrected chi connectivity index (χ0v) is 16.1. The first kappa shape index (κ1) is 18.9. The molecule has 138 valence electrons. The highest BCUT2D eigenvalue weighted by atomic mass is 32.2. The van der Waals surface area contributed by atoms with Crippen LogP contribution in [0.3, 0.4) is 0 Å². The minimum Gasteiger partial charge on any atom is -0.325 e. The molecule has 2 aromatic carbocycles. The Morgan fingerprint density at radius 2 is 1.96 bits per heavy atom. The molecule has 1 heterocycles. The van der Waals surface area contributed by atoms with Crippen LogP contribution >= 0.6 is 11.8 Å². The molecule has 0 spiro atoms. The monoisotopic (exact) mass is 379 g/mol. The summed E-state index contributed by atoms with van der Waals surface area (Å²) in [5.74, 6) is -0.0494. The van der Waals surface area contributed by atoms with Gasteiger partial charge >= 0.3 is 0 Å². The maximum atomic E-state index is 12.7. The lowest BCUT2D eigenvalue weighted by atomic mass is 10.1. The largest absolute Gasteiger partial charge is 0.325 e. The summed E-state index contributed by atoms with van der Waals surface area (Å²) in [6.45, 7) is 4.06. The highest BCUT2D eigenvalue weighted by Gasteiger charge is 2.10. The van der Waals surface area contributed by atoms with Gasteiger partial charge in [-0.3, -0.25) is 14.2 Å². The maximum absolute atomic E-state index is 12.7. The first-order valence-electron chi connectivity index (χ1n) is 8.73. The van der Waals surface area contributed by atoms with Gasteiger partial charge in [-0.25, -0.2) is 4.98 Å². The van der Waals surface area contributed by atoms with E-state index in [1.165, 1.54) is 5.56 Å². The zero-order valence-electron chi connectivity index (χ0n) is 15.3. The fourth-order valence-electron chi connectivity index (χ4n) is 2.63. The van der Waals surface area contributed by atoms with Gasteiger partial charge in [-0.1, -0.05) is 43.0 Å². The number of aromatic nitrogens is 2. The molecular weight excluding hydrogens is 358 g/mol. The number of nitrogens with zero attached hydrogens (tertiary/aromatic N) is 2. The molecule has 3 rings (SSSR count). The van der Waals surface area contributed by atoms with Crippen molar-refractivity contribution >= 4 is 23.4 Å². The third kappa shape index (κ3) is 4.86. The van der Waals surface area contributed by atoms with Gasteiger partial charge in [0.15, 0.2) is 5.03 Å². The number of rotatable bonds is 6. The number of hydrogen-bond donors (Lipinski definition) is 1. The molecular formula is C21H21N3O2S. The van der Waals surface area contributed by atoms with Gasteiger partial charge in [0.2, 0.25) is 5.91 Å². The number of hydrogen-bond acceptors (Lipinski definition) is 4. The summed E-state index contributed by atoms with van der Waals surface area (Å²) < 4.78 is 1.55. The van der Waals surface area contributed by atoms with Gasteiger partial charge in [0.1, 0.15) is 0 Å². The number of aryl methyl sites for hydroxylation is 2. The number of amides is 1. The highest BCUT2D eigenvalue weighted by Crippen LogP contribution is 2.15. The van der Waals surface area contributed by atoms with Crippen LogP contribution in [-0.4, -0.2) is 21.2 Å². The van der Waals surface area contributed by atoms with Crippen LogP contribution in [0, 0.1) is 6.92 Å². The molecule has 0 aliphatic carbocycles. The SMILES string of the molecule is CCc1ccc(NC(=O)CSc2nccn(-c3cccc(C)c3)c2=O)cc1. The average Bonchev–Trinajstić information content (AvgIpc) is 2.68. The normalized spacial score (nSPS) is 10.6. The van der Waals surface area contributed by atoms with E-state index in [9.17, 15) is 9.59 Å². The van der Waals surface area contributed by atoms with Crippen molar-refractivity contribution in [2.45, 2.75) is 25.3 Å². The Balaban J connectivity index is 1.68. The molecule has 0 saturated carbocycles. The van der Waals surface area contributed by atoms with E-state index >= 15 is 0 Å². The van der Waals surface area contributed by atoms with Crippen LogP contribution in [0.25, 0.3) is 5.69 Å². The van der Waals surface area contributed by atoms with Crippen LogP contribution in [0.4, 0.5) is 5.69 Å². The molecule has 0 unspecified atom stereocenters. The van der Waals surface area contributed by atoms with E-state index in [1.54, 1.807) is 17.0 Å². The molecule has 0 atom stereocenters. The van der Waals surface area contributed by atoms with E-state index in [-0.39, 0.29) is 17.2 Å². The Morgan fingerprint density at radius 1 is 1.19 bits per heavy atom. The third-order valence-electron chi connectivity index (χ3n) is 4.08. The van der Waals surface area contributed by atoms with Gasteiger partial charge in [0.05, 0.1) is 5.75 Å². The highest BCUT2D eigenvalue weighted by molar-refractivity contribution is 7.99. The molecule has 0 radical (unpaired) electrons. The summed E-state index contributed by atoms with van der Waals surface area (Å²) in [7, 11) is 0. The second-order valence-corrected chi connectivity index (χ2v) is 7.10. The molecule has 0 saturated heterocycles. The lowest BCUT2D eigenvalue weighted by Crippen LogP contribution is -2.22. The van der Waals surface area contributed by atoms with Crippen LogP contribution in [0.15, 0.2) is 70.7 Å². The second kappa shape index (κ2) is 8.68. The Hall–Kier alpha value is -2.86. The maximum Gasteiger partial charge on any atom is 0.287 e. The van der Waals surface area contributed by atoms with E-state index < -0.39 is 0 Å². The molecule has 27 heavy (non-hydrogen) atoms. The van der Waals surface area contributed by atoms with E-state index in [0.29, 0.717) is 5.03 Å². The fraction of sp³-hybridized carbons (Fsp3) is 0.190. The van der Waals surface area contributed by atoms with Crippen LogP contribution in [0.5, 0.6) is 0 Å². The van der Waals surface area contributed by atoms with E-state index in [0.717, 1.165) is 35.1 Å². The summed E-state index contributed by atoms with van der Waals surface area (Å²) in [5.41, 5.74) is 3.58. The van der Waals surface area contributed by atoms with Gasteiger partial charge in [-0.2, -0.15) is 0 Å². The Kier molecular flexibility index (Phi) is 6.08. The van der Waals surface area contributed by atoms with Crippen molar-refractivity contribution in [3.63, 3.8) is 0 Å². The van der Waals surface area contributed by atoms with E-state index in [4.69, 9.17) is 0 Å². The number of benzene rings is 2. The number of carbonyl (C=O) groups is 1. The molecule has 1 amide bonds. The summed E-state index contributed by atoms with van der Waals surface area (Å²) in [5, 5.41) is 3.14. The number of anilines is 1. The summed E-state index contributed by atoms with van der Waals surface area (Å²) >= 11 is 1.14. The van der Waals surface area contributed by atoms with E-state index in [2.05, 4.69) is 17.2 Å². The van der Waals surface area contributed by atoms with Crippen molar-refractivity contribution in [2.75, 3.05) is 11.1 Å². The van der Waals surface area contributed by atoms with Crippen LogP contribution in [0.2, 0.25) is 0 Å². The molecule has 1 N–H and O–H groups in total. The van der Waals surface area contributed by atoms with Crippen molar-refractivity contribution in [3.8, 4) is 5.69 Å². The van der Waals surface area contributed by atoms with Gasteiger partial charge in [0.25, 0.3) is 5.56 Å². The molecule has 0 fully saturated rings. The third-order valence-corrected chi connectivity index (χ3v) is 5.04. The molecule has 3 aromatic rings. The van der Waals surface area contributed by atoms with Crippen LogP contribution in [0.1, 0.15) is 18.1 Å². The van der Waals surface area contributed by atoms with Crippen molar-refractivity contribution in [2.24, 2.45) is 0 Å². The summed E-state index contributed by atoms with van der Waals surface area (Å²) in [6.07, 6.45) is 4.17. The van der Waals surface area contributed by atoms with Crippen LogP contribution in [-0.2, 0) is 11.2 Å². The number of carbonyl (C=O) groups excluding carboxylic acids is 1. The molecule has 0 aliphatic rings. The second-order valence-electron chi connectivity index (χ2n) is 6.13. The Labute approximate surface area is 162 Å². The Morgan fingerprint density at radius 3 is 2.67 bits per heavy atom. The zero-order chi connectivity index (χ0) is 19.2. The molecule has 0 bridgehead atoms. The van der Waals surface area contributed by atoms with Gasteiger partial charge in [-0.15, -0.1) is 0 Å². The predicted molar refractivity (Wildman–Crippen MR) is 110 cm³/mol. The minimum absolute atomic E-state index is 0.121. The Bertz CT molecular complexity index is 997. The number of thioether (sulfide) groups is 1. The standard InChI is InChI=1S/C21H21N3O2S/c1-3-16-7-9-17(10-8-16)23-19(25)14-27-20-21(26)24(12-11-22-20)18-6-4-5-15(2)13-18/h4-13H,3,14H2,1-2H3,(H,23,25). The topological polar surface area (TPSA) is 64.0 Å². The average molecular weight is 379 g/mol. The quantitative estimate of drug-likeness (QED) is 0.661. The summed E-state index contributed by atoms with van der Waals surface area (Å²) in [4.78, 5) is 29.0. The molecule has 5 nitrogen and oxygen atoms in total. The molecule has 6 heteroatoms. The van der Waals surface area contributed by atoms with Gasteiger partial charge < -0.3 is 5.32 Å². The lowest BCUT2D eigenvalue weighted by molar-refractivity contribution is -0.113. The summed E-state index contributed by atoms with van der Waals surface area (Å²) in [6, 6.07) is 15.4. The van der Waals surface area contributed by atoms with Crippen LogP contribution < -0.4 is 10.9 Å². The molecule has 1 aromatic heterocycles. The van der Waals surface area contributed by atoms with Gasteiger partial charge in [0, 0.05) is 23.8 Å². The van der Waals surface area contributed by atoms with Crippen molar-refractivity contribution in [1.82, 2.24) is 9.55 Å². The number of nitrogens with one attached hydrogen (secondary N) is 1. The molecule has 0 aliphatic heterocycles. The minimum atomic E-state index is -0.229. The van der Waals surface area contributed by atoms with Crippen molar-refractivity contribution in [3.05, 3.63) is 82.4 Å². The van der Waals surface area contributed by atoms with Crippen molar-refractivity contribution < 1.29 is 4.79 Å².